The molecule has 2 saturated heterocycles. The number of anilines is 1. The average Bonchev–Trinajstić information content (AvgIpc) is 3.42. The van der Waals surface area contributed by atoms with E-state index in [1.807, 2.05) is 22.9 Å². The normalized spacial score (nSPS) is 20.3. The van der Waals surface area contributed by atoms with Crippen LogP contribution in [0.2, 0.25) is 30.7 Å². The summed E-state index contributed by atoms with van der Waals surface area (Å²) in [5, 5.41) is 12.6. The van der Waals surface area contributed by atoms with Crippen molar-refractivity contribution in [3.63, 3.8) is 0 Å². The second kappa shape index (κ2) is 11.2. The Bertz CT molecular complexity index is 1770. The molecule has 5 heterocycles. The SMILES string of the molecule is Cc1nc2ccc(-c3cn(COCC[Si](C)(C)C)c4nc(N5[C@@H]6CC[C@H]5CC(NC(=O)O)C6)cnc34)c(Cl)c2c(=O)n1C. The van der Waals surface area contributed by atoms with Crippen molar-refractivity contribution in [2.24, 2.45) is 7.05 Å². The number of carboxylic acid groups (broad SMARTS) is 1. The third-order valence-electron chi connectivity index (χ3n) is 8.80. The van der Waals surface area contributed by atoms with Gasteiger partial charge in [-0.2, -0.15) is 0 Å². The van der Waals surface area contributed by atoms with Crippen LogP contribution in [0.25, 0.3) is 33.2 Å². The molecule has 1 amide bonds. The zero-order chi connectivity index (χ0) is 30.6. The van der Waals surface area contributed by atoms with Crippen LogP contribution in [0.4, 0.5) is 10.6 Å². The van der Waals surface area contributed by atoms with Crippen molar-refractivity contribution in [1.82, 2.24) is 29.4 Å². The van der Waals surface area contributed by atoms with E-state index in [9.17, 15) is 14.7 Å². The molecule has 43 heavy (non-hydrogen) atoms. The third kappa shape index (κ3) is 5.63. The molecule has 0 saturated carbocycles. The molecule has 3 atom stereocenters. The van der Waals surface area contributed by atoms with Crippen LogP contribution in [0.5, 0.6) is 0 Å². The first-order valence-corrected chi connectivity index (χ1v) is 18.9. The molecule has 3 aromatic heterocycles. The molecule has 13 heteroatoms. The minimum Gasteiger partial charge on any atom is -0.465 e. The van der Waals surface area contributed by atoms with Crippen molar-refractivity contribution < 1.29 is 14.6 Å². The lowest BCUT2D eigenvalue weighted by Crippen LogP contribution is -2.50. The summed E-state index contributed by atoms with van der Waals surface area (Å²) in [4.78, 5) is 41.4. The van der Waals surface area contributed by atoms with Crippen LogP contribution in [0.1, 0.15) is 31.5 Å². The fraction of sp³-hybridized carbons (Fsp3) is 0.500. The van der Waals surface area contributed by atoms with E-state index in [4.69, 9.17) is 26.3 Å². The minimum atomic E-state index is -1.27. The van der Waals surface area contributed by atoms with E-state index in [1.165, 1.54) is 4.57 Å². The lowest BCUT2D eigenvalue weighted by Gasteiger charge is -2.39. The van der Waals surface area contributed by atoms with E-state index in [1.54, 1.807) is 20.2 Å². The second-order valence-electron chi connectivity index (χ2n) is 13.0. The summed E-state index contributed by atoms with van der Waals surface area (Å²) in [7, 11) is 0.426. The zero-order valence-electron chi connectivity index (χ0n) is 25.2. The number of benzene rings is 1. The monoisotopic (exact) mass is 623 g/mol. The molecular weight excluding hydrogens is 586 g/mol. The van der Waals surface area contributed by atoms with Gasteiger partial charge < -0.3 is 24.6 Å². The van der Waals surface area contributed by atoms with Gasteiger partial charge in [-0.1, -0.05) is 37.3 Å². The maximum absolute atomic E-state index is 13.2. The summed E-state index contributed by atoms with van der Waals surface area (Å²) in [6, 6.07) is 5.09. The van der Waals surface area contributed by atoms with Crippen molar-refractivity contribution in [1.29, 1.82) is 0 Å². The summed E-state index contributed by atoms with van der Waals surface area (Å²) in [6.07, 6.45) is 6.24. The van der Waals surface area contributed by atoms with Crippen LogP contribution in [0.15, 0.2) is 29.3 Å². The predicted octanol–water partition coefficient (Wildman–Crippen LogP) is 5.39. The van der Waals surface area contributed by atoms with Gasteiger partial charge in [0.25, 0.3) is 5.56 Å². The van der Waals surface area contributed by atoms with E-state index in [0.717, 1.165) is 43.1 Å². The summed E-state index contributed by atoms with van der Waals surface area (Å²) in [5.74, 6) is 1.39. The van der Waals surface area contributed by atoms with Gasteiger partial charge in [0.15, 0.2) is 5.65 Å². The number of nitrogens with one attached hydrogen (secondary N) is 1. The number of hydrogen-bond donors (Lipinski definition) is 2. The Hall–Kier alpha value is -3.48. The maximum atomic E-state index is 13.2. The first-order chi connectivity index (χ1) is 20.4. The average molecular weight is 624 g/mol. The van der Waals surface area contributed by atoms with Crippen LogP contribution in [-0.2, 0) is 18.5 Å². The molecule has 0 aliphatic carbocycles. The number of ether oxygens (including phenoxy) is 1. The number of carbonyl (C=O) groups is 1. The molecule has 2 N–H and O–H groups in total. The van der Waals surface area contributed by atoms with Crippen molar-refractivity contribution in [2.45, 2.75) is 83.1 Å². The number of hydrogen-bond acceptors (Lipinski definition) is 7. The Kier molecular flexibility index (Phi) is 7.72. The summed E-state index contributed by atoms with van der Waals surface area (Å²) in [5.41, 5.74) is 3.16. The fourth-order valence-corrected chi connectivity index (χ4v) is 7.58. The molecule has 4 aromatic rings. The van der Waals surface area contributed by atoms with E-state index >= 15 is 0 Å². The quantitative estimate of drug-likeness (QED) is 0.198. The molecule has 6 rings (SSSR count). The lowest BCUT2D eigenvalue weighted by atomic mass is 9.97. The van der Waals surface area contributed by atoms with Gasteiger partial charge in [-0.05, 0) is 44.7 Å². The van der Waals surface area contributed by atoms with E-state index < -0.39 is 14.2 Å². The van der Waals surface area contributed by atoms with Crippen LogP contribution >= 0.6 is 11.6 Å². The number of aryl methyl sites for hydroxylation is 1. The number of aromatic nitrogens is 5. The smallest absolute Gasteiger partial charge is 0.404 e. The van der Waals surface area contributed by atoms with Gasteiger partial charge in [0, 0.05) is 57.2 Å². The second-order valence-corrected chi connectivity index (χ2v) is 19.0. The van der Waals surface area contributed by atoms with E-state index in [0.29, 0.717) is 51.8 Å². The highest BCUT2D eigenvalue weighted by Gasteiger charge is 2.42. The van der Waals surface area contributed by atoms with E-state index in [2.05, 4.69) is 34.8 Å². The Labute approximate surface area is 255 Å². The van der Waals surface area contributed by atoms with Crippen LogP contribution in [-0.4, -0.2) is 68.1 Å². The largest absolute Gasteiger partial charge is 0.465 e. The fourth-order valence-electron chi connectivity index (χ4n) is 6.48. The number of piperidine rings is 1. The van der Waals surface area contributed by atoms with Crippen molar-refractivity contribution >= 4 is 53.7 Å². The first kappa shape index (κ1) is 29.6. The van der Waals surface area contributed by atoms with Gasteiger partial charge >= 0.3 is 6.09 Å². The number of rotatable bonds is 8. The molecule has 1 aromatic carbocycles. The first-order valence-electron chi connectivity index (χ1n) is 14.8. The highest BCUT2D eigenvalue weighted by Crippen LogP contribution is 2.41. The molecule has 2 fully saturated rings. The summed E-state index contributed by atoms with van der Waals surface area (Å²) >= 11 is 6.95. The molecule has 2 aliphatic heterocycles. The van der Waals surface area contributed by atoms with Crippen LogP contribution in [0, 0.1) is 6.92 Å². The number of halogens is 1. The topological polar surface area (TPSA) is 127 Å². The Balaban J connectivity index is 1.41. The van der Waals surface area contributed by atoms with Crippen LogP contribution < -0.4 is 15.8 Å². The van der Waals surface area contributed by atoms with Gasteiger partial charge in [0.2, 0.25) is 0 Å². The molecular formula is C30H38ClN7O4Si. The Morgan fingerprint density at radius 1 is 1.16 bits per heavy atom. The molecule has 0 spiro atoms. The van der Waals surface area contributed by atoms with E-state index in [-0.39, 0.29) is 23.7 Å². The number of nitrogens with zero attached hydrogens (tertiary/aromatic N) is 6. The minimum absolute atomic E-state index is 0.0563. The van der Waals surface area contributed by atoms with Gasteiger partial charge in [-0.3, -0.25) is 9.36 Å². The number of amides is 1. The predicted molar refractivity (Wildman–Crippen MR) is 171 cm³/mol. The molecule has 1 unspecified atom stereocenters. The van der Waals surface area contributed by atoms with Crippen LogP contribution in [0.3, 0.4) is 0 Å². The van der Waals surface area contributed by atoms with Crippen molar-refractivity contribution in [2.75, 3.05) is 11.5 Å². The highest BCUT2D eigenvalue weighted by molar-refractivity contribution is 6.76. The van der Waals surface area contributed by atoms with Gasteiger partial charge in [0.1, 0.15) is 23.9 Å². The Morgan fingerprint density at radius 3 is 2.56 bits per heavy atom. The summed E-state index contributed by atoms with van der Waals surface area (Å²) < 4.78 is 9.62. The third-order valence-corrected chi connectivity index (χ3v) is 10.9. The highest BCUT2D eigenvalue weighted by atomic mass is 35.5. The zero-order valence-corrected chi connectivity index (χ0v) is 27.0. The lowest BCUT2D eigenvalue weighted by molar-refractivity contribution is 0.0899. The molecule has 0 radical (unpaired) electrons. The Morgan fingerprint density at radius 2 is 1.88 bits per heavy atom. The van der Waals surface area contributed by atoms with Gasteiger partial charge in [0.05, 0.1) is 22.1 Å². The maximum Gasteiger partial charge on any atom is 0.404 e. The molecule has 2 aliphatic rings. The van der Waals surface area contributed by atoms with Crippen molar-refractivity contribution in [3.05, 3.63) is 45.7 Å². The molecule has 228 valence electrons. The van der Waals surface area contributed by atoms with Gasteiger partial charge in [-0.25, -0.2) is 19.7 Å². The molecule has 11 nitrogen and oxygen atoms in total. The standard InChI is InChI=1S/C30H38ClN7O4Si/c1-17-33-23-9-8-21(26(31)25(23)29(39)36(17)2)22-15-37(16-42-10-11-43(3,4)5)28-27(22)32-14-24(35-28)38-19-6-7-20(38)13-18(12-19)34-30(40)41/h8-9,14-15,18-20,34H,6-7,10-13,16H2,1-5H3,(H,40,41)/t18?,19-,20+. The summed E-state index contributed by atoms with van der Waals surface area (Å²) in [6.45, 7) is 9.73. The van der Waals surface area contributed by atoms with Gasteiger partial charge in [-0.15, -0.1) is 0 Å². The van der Waals surface area contributed by atoms with Crippen molar-refractivity contribution in [3.8, 4) is 11.1 Å². The number of fused-ring (bicyclic) bond motifs is 4. The molecule has 2 bridgehead atoms.